The molecule has 3 nitrogen and oxygen atoms in total. The number of nitrogens with one attached hydrogen (secondary N) is 1. The third-order valence-electron chi connectivity index (χ3n) is 2.61. The second-order valence-corrected chi connectivity index (χ2v) is 4.90. The van der Waals surface area contributed by atoms with Gasteiger partial charge in [0.05, 0.1) is 5.69 Å². The molecule has 6 heteroatoms. The third kappa shape index (κ3) is 3.31. The van der Waals surface area contributed by atoms with Gasteiger partial charge in [-0.2, -0.15) is 0 Å². The van der Waals surface area contributed by atoms with Gasteiger partial charge in [0, 0.05) is 16.1 Å². The lowest BCUT2D eigenvalue weighted by atomic mass is 10.1. The zero-order valence-electron chi connectivity index (χ0n) is 10.2. The number of thiocarbonyl (C=S) groups is 1. The molecule has 0 spiro atoms. The van der Waals surface area contributed by atoms with Crippen LogP contribution >= 0.6 is 23.8 Å². The standard InChI is InChI=1S/C14H10ClFN2OS/c15-10-5-6-11(16)12(7-10)18-14(19)9-3-1-8(2-4-9)13(17)20/h1-7H,(H2,17,20)(H,18,19). The van der Waals surface area contributed by atoms with Crippen molar-refractivity contribution >= 4 is 40.4 Å². The molecule has 0 atom stereocenters. The Morgan fingerprint density at radius 3 is 2.35 bits per heavy atom. The average Bonchev–Trinajstić information content (AvgIpc) is 2.43. The topological polar surface area (TPSA) is 55.1 Å². The average molecular weight is 309 g/mol. The van der Waals surface area contributed by atoms with Crippen molar-refractivity contribution in [3.63, 3.8) is 0 Å². The van der Waals surface area contributed by atoms with Crippen LogP contribution in [0.3, 0.4) is 0 Å². The van der Waals surface area contributed by atoms with Gasteiger partial charge in [-0.25, -0.2) is 4.39 Å². The fourth-order valence-corrected chi connectivity index (χ4v) is 1.88. The summed E-state index contributed by atoms with van der Waals surface area (Å²) in [6, 6.07) is 10.3. The van der Waals surface area contributed by atoms with Crippen LogP contribution < -0.4 is 11.1 Å². The maximum atomic E-state index is 13.5. The van der Waals surface area contributed by atoms with Crippen LogP contribution in [0.5, 0.6) is 0 Å². The highest BCUT2D eigenvalue weighted by Gasteiger charge is 2.10. The summed E-state index contributed by atoms with van der Waals surface area (Å²) in [7, 11) is 0. The van der Waals surface area contributed by atoms with Gasteiger partial charge in [0.2, 0.25) is 0 Å². The molecule has 0 aliphatic carbocycles. The number of benzene rings is 2. The maximum Gasteiger partial charge on any atom is 0.255 e. The molecule has 0 unspecified atom stereocenters. The van der Waals surface area contributed by atoms with E-state index < -0.39 is 11.7 Å². The molecule has 2 aromatic rings. The van der Waals surface area contributed by atoms with E-state index in [0.717, 1.165) is 0 Å². The van der Waals surface area contributed by atoms with Crippen molar-refractivity contribution in [3.8, 4) is 0 Å². The predicted octanol–water partition coefficient (Wildman–Crippen LogP) is 3.37. The molecule has 0 aromatic heterocycles. The highest BCUT2D eigenvalue weighted by molar-refractivity contribution is 7.80. The van der Waals surface area contributed by atoms with Gasteiger partial charge in [-0.1, -0.05) is 36.0 Å². The number of rotatable bonds is 3. The molecule has 0 saturated heterocycles. The number of amides is 1. The highest BCUT2D eigenvalue weighted by atomic mass is 35.5. The molecule has 0 bridgehead atoms. The molecular weight excluding hydrogens is 299 g/mol. The minimum Gasteiger partial charge on any atom is -0.389 e. The Morgan fingerprint density at radius 2 is 1.75 bits per heavy atom. The van der Waals surface area contributed by atoms with Gasteiger partial charge in [-0.3, -0.25) is 4.79 Å². The fraction of sp³-hybridized carbons (Fsp3) is 0. The van der Waals surface area contributed by atoms with E-state index >= 15 is 0 Å². The number of anilines is 1. The van der Waals surface area contributed by atoms with Gasteiger partial charge >= 0.3 is 0 Å². The first-order chi connectivity index (χ1) is 9.47. The van der Waals surface area contributed by atoms with Crippen LogP contribution in [-0.2, 0) is 0 Å². The van der Waals surface area contributed by atoms with E-state index in [-0.39, 0.29) is 10.7 Å². The lowest BCUT2D eigenvalue weighted by Crippen LogP contribution is -2.14. The Bertz CT molecular complexity index is 673. The molecule has 2 aromatic carbocycles. The lowest BCUT2D eigenvalue weighted by molar-refractivity contribution is 0.102. The van der Waals surface area contributed by atoms with Crippen molar-refractivity contribution in [2.75, 3.05) is 5.32 Å². The Balaban J connectivity index is 2.19. The monoisotopic (exact) mass is 308 g/mol. The van der Waals surface area contributed by atoms with Crippen molar-refractivity contribution in [2.45, 2.75) is 0 Å². The molecule has 20 heavy (non-hydrogen) atoms. The molecule has 0 aliphatic rings. The quantitative estimate of drug-likeness (QED) is 0.855. The summed E-state index contributed by atoms with van der Waals surface area (Å²) in [4.78, 5) is 12.2. The number of halogens is 2. The van der Waals surface area contributed by atoms with E-state index in [4.69, 9.17) is 29.6 Å². The van der Waals surface area contributed by atoms with Gasteiger partial charge in [-0.15, -0.1) is 0 Å². The molecular formula is C14H10ClFN2OS. The second-order valence-electron chi connectivity index (χ2n) is 4.02. The summed E-state index contributed by atoms with van der Waals surface area (Å²) in [6.45, 7) is 0. The summed E-state index contributed by atoms with van der Waals surface area (Å²) in [6.07, 6.45) is 0. The number of nitrogens with two attached hydrogens (primary N) is 1. The van der Waals surface area contributed by atoms with Gasteiger partial charge in [0.1, 0.15) is 10.8 Å². The third-order valence-corrected chi connectivity index (χ3v) is 3.08. The number of carbonyl (C=O) groups is 1. The molecule has 3 N–H and O–H groups in total. The Labute approximate surface area is 125 Å². The maximum absolute atomic E-state index is 13.5. The van der Waals surface area contributed by atoms with E-state index in [2.05, 4.69) is 5.32 Å². The first-order valence-electron chi connectivity index (χ1n) is 5.63. The Morgan fingerprint density at radius 1 is 1.15 bits per heavy atom. The molecule has 0 fully saturated rings. The molecule has 0 heterocycles. The number of hydrogen-bond donors (Lipinski definition) is 2. The summed E-state index contributed by atoms with van der Waals surface area (Å²) in [5.74, 6) is -0.997. The number of carbonyl (C=O) groups excluding carboxylic acids is 1. The molecule has 0 saturated carbocycles. The van der Waals surface area contributed by atoms with Crippen LogP contribution in [0, 0.1) is 5.82 Å². The largest absolute Gasteiger partial charge is 0.389 e. The first kappa shape index (κ1) is 14.4. The van der Waals surface area contributed by atoms with Crippen LogP contribution in [0.15, 0.2) is 42.5 Å². The van der Waals surface area contributed by atoms with E-state index in [9.17, 15) is 9.18 Å². The minimum absolute atomic E-state index is 0.0286. The van der Waals surface area contributed by atoms with Crippen molar-refractivity contribution in [1.82, 2.24) is 0 Å². The van der Waals surface area contributed by atoms with Crippen LogP contribution in [0.1, 0.15) is 15.9 Å². The smallest absolute Gasteiger partial charge is 0.255 e. The Hall–Kier alpha value is -1.98. The Kier molecular flexibility index (Phi) is 4.32. The van der Waals surface area contributed by atoms with Crippen LogP contribution in [0.2, 0.25) is 5.02 Å². The lowest BCUT2D eigenvalue weighted by Gasteiger charge is -2.07. The van der Waals surface area contributed by atoms with E-state index in [0.29, 0.717) is 16.1 Å². The van der Waals surface area contributed by atoms with E-state index in [1.807, 2.05) is 0 Å². The zero-order chi connectivity index (χ0) is 14.7. The SMILES string of the molecule is NC(=S)c1ccc(C(=O)Nc2cc(Cl)ccc2F)cc1. The van der Waals surface area contributed by atoms with Crippen LogP contribution in [-0.4, -0.2) is 10.9 Å². The van der Waals surface area contributed by atoms with Gasteiger partial charge in [0.25, 0.3) is 5.91 Å². The number of hydrogen-bond acceptors (Lipinski definition) is 2. The predicted molar refractivity (Wildman–Crippen MR) is 81.7 cm³/mol. The minimum atomic E-state index is -0.553. The normalized spacial score (nSPS) is 10.1. The molecule has 0 aliphatic heterocycles. The summed E-state index contributed by atoms with van der Waals surface area (Å²) in [5.41, 5.74) is 6.52. The van der Waals surface area contributed by atoms with Crippen molar-refractivity contribution in [3.05, 3.63) is 64.4 Å². The molecule has 102 valence electrons. The molecule has 1 amide bonds. The van der Waals surface area contributed by atoms with Crippen LogP contribution in [0.4, 0.5) is 10.1 Å². The van der Waals surface area contributed by atoms with E-state index in [1.54, 1.807) is 24.3 Å². The van der Waals surface area contributed by atoms with Crippen LogP contribution in [0.25, 0.3) is 0 Å². The second kappa shape index (κ2) is 5.98. The van der Waals surface area contributed by atoms with Gasteiger partial charge < -0.3 is 11.1 Å². The molecule has 0 radical (unpaired) electrons. The highest BCUT2D eigenvalue weighted by Crippen LogP contribution is 2.20. The van der Waals surface area contributed by atoms with Gasteiger partial charge in [0.15, 0.2) is 0 Å². The van der Waals surface area contributed by atoms with Crippen molar-refractivity contribution < 1.29 is 9.18 Å². The zero-order valence-corrected chi connectivity index (χ0v) is 11.8. The summed E-state index contributed by atoms with van der Waals surface area (Å²) < 4.78 is 13.5. The van der Waals surface area contributed by atoms with E-state index in [1.165, 1.54) is 18.2 Å². The van der Waals surface area contributed by atoms with Crippen molar-refractivity contribution in [2.24, 2.45) is 5.73 Å². The summed E-state index contributed by atoms with van der Waals surface area (Å²) >= 11 is 10.6. The van der Waals surface area contributed by atoms with Crippen molar-refractivity contribution in [1.29, 1.82) is 0 Å². The molecule has 2 rings (SSSR count). The fourth-order valence-electron chi connectivity index (χ4n) is 1.57. The van der Waals surface area contributed by atoms with Gasteiger partial charge in [-0.05, 0) is 30.3 Å². The summed E-state index contributed by atoms with van der Waals surface area (Å²) in [5, 5.41) is 2.79. The first-order valence-corrected chi connectivity index (χ1v) is 6.42.